The highest BCUT2D eigenvalue weighted by Crippen LogP contribution is 2.35. The van der Waals surface area contributed by atoms with Crippen LogP contribution in [0.2, 0.25) is 0 Å². The number of benzene rings is 2. The quantitative estimate of drug-likeness (QED) is 0.569. The molecule has 0 unspecified atom stereocenters. The van der Waals surface area contributed by atoms with Crippen molar-refractivity contribution in [2.75, 3.05) is 5.73 Å². The number of hydrogen-bond acceptors (Lipinski definition) is 2. The van der Waals surface area contributed by atoms with Crippen molar-refractivity contribution in [1.29, 1.82) is 5.26 Å². The lowest BCUT2D eigenvalue weighted by Crippen LogP contribution is -1.93. The first kappa shape index (κ1) is 12.5. The van der Waals surface area contributed by atoms with Crippen LogP contribution in [0.3, 0.4) is 0 Å². The second-order valence-corrected chi connectivity index (χ2v) is 5.26. The SMILES string of the molecule is N#Cc1c(-c2ccc3ccccc3c2)c(N)n2ccccc12. The van der Waals surface area contributed by atoms with Gasteiger partial charge in [-0.25, -0.2) is 0 Å². The molecular formula is C19H13N3. The molecule has 2 heterocycles. The summed E-state index contributed by atoms with van der Waals surface area (Å²) in [6, 6.07) is 22.4. The van der Waals surface area contributed by atoms with E-state index in [0.29, 0.717) is 11.4 Å². The number of nitrogens with zero attached hydrogens (tertiary/aromatic N) is 2. The van der Waals surface area contributed by atoms with Crippen LogP contribution in [0.5, 0.6) is 0 Å². The van der Waals surface area contributed by atoms with E-state index in [1.54, 1.807) is 0 Å². The number of rotatable bonds is 1. The van der Waals surface area contributed by atoms with Crippen LogP contribution in [-0.2, 0) is 0 Å². The van der Waals surface area contributed by atoms with E-state index in [2.05, 4.69) is 30.3 Å². The van der Waals surface area contributed by atoms with E-state index in [1.165, 1.54) is 5.39 Å². The summed E-state index contributed by atoms with van der Waals surface area (Å²) < 4.78 is 1.86. The van der Waals surface area contributed by atoms with Gasteiger partial charge in [0.1, 0.15) is 11.9 Å². The number of fused-ring (bicyclic) bond motifs is 2. The van der Waals surface area contributed by atoms with Crippen molar-refractivity contribution in [1.82, 2.24) is 4.40 Å². The number of nitrogen functional groups attached to an aromatic ring is 1. The second-order valence-electron chi connectivity index (χ2n) is 5.26. The maximum atomic E-state index is 9.59. The summed E-state index contributed by atoms with van der Waals surface area (Å²) in [5.41, 5.74) is 9.53. The smallest absolute Gasteiger partial charge is 0.117 e. The minimum Gasteiger partial charge on any atom is -0.384 e. The van der Waals surface area contributed by atoms with Crippen LogP contribution >= 0.6 is 0 Å². The molecule has 0 aliphatic carbocycles. The van der Waals surface area contributed by atoms with Gasteiger partial charge in [0, 0.05) is 11.8 Å². The van der Waals surface area contributed by atoms with Crippen LogP contribution in [0.15, 0.2) is 66.9 Å². The highest BCUT2D eigenvalue weighted by molar-refractivity contribution is 5.94. The van der Waals surface area contributed by atoms with Crippen LogP contribution in [-0.4, -0.2) is 4.40 Å². The van der Waals surface area contributed by atoms with Gasteiger partial charge in [-0.3, -0.25) is 0 Å². The molecule has 0 aliphatic heterocycles. The Hall–Kier alpha value is -3.25. The maximum Gasteiger partial charge on any atom is 0.117 e. The Morgan fingerprint density at radius 1 is 0.909 bits per heavy atom. The summed E-state index contributed by atoms with van der Waals surface area (Å²) in [6.45, 7) is 0. The van der Waals surface area contributed by atoms with Crippen molar-refractivity contribution < 1.29 is 0 Å². The predicted octanol–water partition coefficient (Wildman–Crippen LogP) is 4.21. The summed E-state index contributed by atoms with van der Waals surface area (Å²) in [4.78, 5) is 0. The highest BCUT2D eigenvalue weighted by Gasteiger charge is 2.17. The predicted molar refractivity (Wildman–Crippen MR) is 89.5 cm³/mol. The van der Waals surface area contributed by atoms with Crippen molar-refractivity contribution in [3.8, 4) is 17.2 Å². The van der Waals surface area contributed by atoms with E-state index in [0.717, 1.165) is 22.0 Å². The largest absolute Gasteiger partial charge is 0.384 e. The molecule has 0 bridgehead atoms. The molecular weight excluding hydrogens is 270 g/mol. The van der Waals surface area contributed by atoms with E-state index in [-0.39, 0.29) is 0 Å². The minimum absolute atomic E-state index is 0.599. The van der Waals surface area contributed by atoms with E-state index < -0.39 is 0 Å². The zero-order chi connectivity index (χ0) is 15.1. The Bertz CT molecular complexity index is 1050. The maximum absolute atomic E-state index is 9.59. The summed E-state index contributed by atoms with van der Waals surface area (Å²) >= 11 is 0. The molecule has 4 aromatic rings. The first-order valence-corrected chi connectivity index (χ1v) is 7.07. The lowest BCUT2D eigenvalue weighted by Gasteiger charge is -2.04. The molecule has 2 aromatic carbocycles. The standard InChI is InChI=1S/C19H13N3/c20-12-16-17-7-3-4-10-22(17)19(21)18(16)15-9-8-13-5-1-2-6-14(13)11-15/h1-11H,21H2. The Labute approximate surface area is 127 Å². The molecule has 2 aromatic heterocycles. The van der Waals surface area contributed by atoms with Crippen LogP contribution in [0.25, 0.3) is 27.4 Å². The van der Waals surface area contributed by atoms with E-state index in [4.69, 9.17) is 5.73 Å². The molecule has 0 radical (unpaired) electrons. The molecule has 0 spiro atoms. The fourth-order valence-electron chi connectivity index (χ4n) is 2.98. The monoisotopic (exact) mass is 283 g/mol. The molecule has 0 saturated carbocycles. The van der Waals surface area contributed by atoms with Crippen molar-refractivity contribution in [3.63, 3.8) is 0 Å². The van der Waals surface area contributed by atoms with Gasteiger partial charge in [-0.2, -0.15) is 5.26 Å². The Balaban J connectivity index is 2.08. The van der Waals surface area contributed by atoms with Gasteiger partial charge in [0.25, 0.3) is 0 Å². The molecule has 0 aliphatic rings. The van der Waals surface area contributed by atoms with Gasteiger partial charge in [-0.1, -0.05) is 42.5 Å². The normalized spacial score (nSPS) is 10.9. The molecule has 3 heteroatoms. The number of nitrogens with two attached hydrogens (primary N) is 1. The van der Waals surface area contributed by atoms with Gasteiger partial charge in [0.2, 0.25) is 0 Å². The molecule has 3 nitrogen and oxygen atoms in total. The number of nitriles is 1. The van der Waals surface area contributed by atoms with Gasteiger partial charge >= 0.3 is 0 Å². The molecule has 22 heavy (non-hydrogen) atoms. The number of anilines is 1. The molecule has 4 rings (SSSR count). The number of pyridine rings is 1. The lowest BCUT2D eigenvalue weighted by atomic mass is 9.99. The highest BCUT2D eigenvalue weighted by atomic mass is 15.0. The van der Waals surface area contributed by atoms with Gasteiger partial charge in [-0.15, -0.1) is 0 Å². The van der Waals surface area contributed by atoms with Gasteiger partial charge < -0.3 is 10.1 Å². The average molecular weight is 283 g/mol. The van der Waals surface area contributed by atoms with Gasteiger partial charge in [0.15, 0.2) is 0 Å². The third-order valence-corrected chi connectivity index (χ3v) is 4.03. The zero-order valence-corrected chi connectivity index (χ0v) is 11.8. The van der Waals surface area contributed by atoms with Crippen LogP contribution in [0.1, 0.15) is 5.56 Å². The fraction of sp³-hybridized carbons (Fsp3) is 0. The fourth-order valence-corrected chi connectivity index (χ4v) is 2.98. The molecule has 0 atom stereocenters. The van der Waals surface area contributed by atoms with Crippen molar-refractivity contribution >= 4 is 22.1 Å². The van der Waals surface area contributed by atoms with E-state index in [1.807, 2.05) is 47.0 Å². The van der Waals surface area contributed by atoms with Crippen molar-refractivity contribution in [3.05, 3.63) is 72.4 Å². The molecule has 0 saturated heterocycles. The third-order valence-electron chi connectivity index (χ3n) is 4.03. The van der Waals surface area contributed by atoms with Crippen LogP contribution in [0.4, 0.5) is 5.82 Å². The first-order valence-electron chi connectivity index (χ1n) is 7.07. The number of aromatic nitrogens is 1. The van der Waals surface area contributed by atoms with E-state index in [9.17, 15) is 5.26 Å². The average Bonchev–Trinajstić information content (AvgIpc) is 2.87. The Morgan fingerprint density at radius 2 is 1.68 bits per heavy atom. The lowest BCUT2D eigenvalue weighted by molar-refractivity contribution is 1.21. The minimum atomic E-state index is 0.599. The second kappa shape index (κ2) is 4.64. The van der Waals surface area contributed by atoms with Crippen molar-refractivity contribution in [2.45, 2.75) is 0 Å². The Morgan fingerprint density at radius 3 is 2.50 bits per heavy atom. The van der Waals surface area contributed by atoms with Gasteiger partial charge in [-0.05, 0) is 34.5 Å². The Kier molecular flexibility index (Phi) is 2.64. The van der Waals surface area contributed by atoms with Gasteiger partial charge in [0.05, 0.1) is 11.1 Å². The number of hydrogen-bond donors (Lipinski definition) is 1. The topological polar surface area (TPSA) is 54.2 Å². The summed E-state index contributed by atoms with van der Waals surface area (Å²) in [6.07, 6.45) is 1.88. The molecule has 104 valence electrons. The summed E-state index contributed by atoms with van der Waals surface area (Å²) in [5, 5.41) is 11.9. The van der Waals surface area contributed by atoms with Crippen LogP contribution < -0.4 is 5.73 Å². The van der Waals surface area contributed by atoms with E-state index >= 15 is 0 Å². The van der Waals surface area contributed by atoms with Crippen LogP contribution in [0, 0.1) is 11.3 Å². The van der Waals surface area contributed by atoms with Crippen molar-refractivity contribution in [2.24, 2.45) is 0 Å². The first-order chi connectivity index (χ1) is 10.8. The zero-order valence-electron chi connectivity index (χ0n) is 11.8. The molecule has 2 N–H and O–H groups in total. The molecule has 0 fully saturated rings. The molecule has 0 amide bonds. The summed E-state index contributed by atoms with van der Waals surface area (Å²) in [5.74, 6) is 0.599. The third kappa shape index (κ3) is 1.68. The summed E-state index contributed by atoms with van der Waals surface area (Å²) in [7, 11) is 0.